The van der Waals surface area contributed by atoms with Crippen molar-refractivity contribution in [3.63, 3.8) is 0 Å². The lowest BCUT2D eigenvalue weighted by molar-refractivity contribution is 0.586. The van der Waals surface area contributed by atoms with Crippen molar-refractivity contribution in [3.05, 3.63) is 28.2 Å². The highest BCUT2D eigenvalue weighted by molar-refractivity contribution is 9.10. The van der Waals surface area contributed by atoms with Gasteiger partial charge in [-0.1, -0.05) is 28.9 Å². The average molecular weight is 307 g/mol. The van der Waals surface area contributed by atoms with Crippen LogP contribution in [0.1, 0.15) is 18.9 Å². The molecule has 0 aliphatic heterocycles. The van der Waals surface area contributed by atoms with Crippen molar-refractivity contribution < 1.29 is 8.42 Å². The molecule has 0 spiro atoms. The van der Waals surface area contributed by atoms with E-state index in [9.17, 15) is 8.42 Å². The van der Waals surface area contributed by atoms with Crippen LogP contribution in [0.2, 0.25) is 0 Å². The predicted octanol–water partition coefficient (Wildman–Crippen LogP) is 2.41. The van der Waals surface area contributed by atoms with Gasteiger partial charge in [0.15, 0.2) is 0 Å². The SMILES string of the molecule is CCCNS(=O)(=O)Nc1cc(Br)ccc1C. The maximum absolute atomic E-state index is 11.6. The van der Waals surface area contributed by atoms with Gasteiger partial charge in [0.05, 0.1) is 5.69 Å². The number of anilines is 1. The third kappa shape index (κ3) is 4.11. The van der Waals surface area contributed by atoms with Crippen LogP contribution in [0.15, 0.2) is 22.7 Å². The zero-order valence-electron chi connectivity index (χ0n) is 9.25. The first-order valence-electron chi connectivity index (χ1n) is 4.98. The minimum atomic E-state index is -3.46. The van der Waals surface area contributed by atoms with Crippen LogP contribution in [0.25, 0.3) is 0 Å². The zero-order chi connectivity index (χ0) is 12.2. The molecular formula is C10H15BrN2O2S. The van der Waals surface area contributed by atoms with Crippen molar-refractivity contribution in [2.24, 2.45) is 0 Å². The van der Waals surface area contributed by atoms with Gasteiger partial charge in [-0.3, -0.25) is 4.72 Å². The summed E-state index contributed by atoms with van der Waals surface area (Å²) in [7, 11) is -3.46. The first kappa shape index (κ1) is 13.5. The Balaban J connectivity index is 2.83. The highest BCUT2D eigenvalue weighted by Crippen LogP contribution is 2.21. The Morgan fingerprint density at radius 1 is 1.38 bits per heavy atom. The second-order valence-corrected chi connectivity index (χ2v) is 5.87. The lowest BCUT2D eigenvalue weighted by Gasteiger charge is -2.11. The summed E-state index contributed by atoms with van der Waals surface area (Å²) in [6.45, 7) is 4.19. The van der Waals surface area contributed by atoms with Crippen LogP contribution in [0.4, 0.5) is 5.69 Å². The summed E-state index contributed by atoms with van der Waals surface area (Å²) in [5.41, 5.74) is 1.46. The molecule has 1 rings (SSSR count). The summed E-state index contributed by atoms with van der Waals surface area (Å²) in [6.07, 6.45) is 0.762. The Labute approximate surface area is 105 Å². The van der Waals surface area contributed by atoms with Crippen LogP contribution in [-0.2, 0) is 10.2 Å². The van der Waals surface area contributed by atoms with Crippen LogP contribution in [-0.4, -0.2) is 15.0 Å². The Kier molecular flexibility index (Phi) is 4.76. The highest BCUT2D eigenvalue weighted by Gasteiger charge is 2.10. The predicted molar refractivity (Wildman–Crippen MR) is 69.7 cm³/mol. The molecule has 4 nitrogen and oxygen atoms in total. The standard InChI is InChI=1S/C10H15BrN2O2S/c1-3-6-12-16(14,15)13-10-7-9(11)5-4-8(10)2/h4-5,7,12-13H,3,6H2,1-2H3. The molecule has 0 aliphatic rings. The first-order valence-corrected chi connectivity index (χ1v) is 7.26. The number of benzene rings is 1. The van der Waals surface area contributed by atoms with Gasteiger partial charge in [-0.15, -0.1) is 0 Å². The quantitative estimate of drug-likeness (QED) is 0.877. The topological polar surface area (TPSA) is 58.2 Å². The number of rotatable bonds is 5. The number of aryl methyl sites for hydroxylation is 1. The fourth-order valence-electron chi connectivity index (χ4n) is 1.12. The second-order valence-electron chi connectivity index (χ2n) is 3.46. The van der Waals surface area contributed by atoms with E-state index in [1.807, 2.05) is 26.0 Å². The van der Waals surface area contributed by atoms with Gasteiger partial charge in [-0.25, -0.2) is 0 Å². The van der Waals surface area contributed by atoms with Crippen LogP contribution < -0.4 is 9.44 Å². The van der Waals surface area contributed by atoms with E-state index in [-0.39, 0.29) is 0 Å². The summed E-state index contributed by atoms with van der Waals surface area (Å²) in [4.78, 5) is 0. The molecule has 0 aliphatic carbocycles. The van der Waals surface area contributed by atoms with Gasteiger partial charge in [0.25, 0.3) is 10.2 Å². The molecule has 0 amide bonds. The third-order valence-electron chi connectivity index (χ3n) is 1.99. The second kappa shape index (κ2) is 5.65. The fourth-order valence-corrected chi connectivity index (χ4v) is 2.54. The van der Waals surface area contributed by atoms with Gasteiger partial charge >= 0.3 is 0 Å². The van der Waals surface area contributed by atoms with Gasteiger partial charge in [-0.2, -0.15) is 13.1 Å². The van der Waals surface area contributed by atoms with Crippen LogP contribution in [0, 0.1) is 6.92 Å². The molecule has 0 bridgehead atoms. The van der Waals surface area contributed by atoms with Crippen molar-refractivity contribution in [3.8, 4) is 0 Å². The molecule has 6 heteroatoms. The van der Waals surface area contributed by atoms with E-state index in [1.165, 1.54) is 0 Å². The van der Waals surface area contributed by atoms with Crippen molar-refractivity contribution in [1.29, 1.82) is 0 Å². The Hall–Kier alpha value is -0.590. The fraction of sp³-hybridized carbons (Fsp3) is 0.400. The van der Waals surface area contributed by atoms with Crippen molar-refractivity contribution in [2.75, 3.05) is 11.3 Å². The van der Waals surface area contributed by atoms with E-state index < -0.39 is 10.2 Å². The van der Waals surface area contributed by atoms with Gasteiger partial charge in [0, 0.05) is 11.0 Å². The van der Waals surface area contributed by atoms with E-state index in [1.54, 1.807) is 6.07 Å². The summed E-state index contributed by atoms with van der Waals surface area (Å²) in [6, 6.07) is 5.45. The molecule has 0 saturated heterocycles. The number of halogens is 1. The largest absolute Gasteiger partial charge is 0.299 e. The zero-order valence-corrected chi connectivity index (χ0v) is 11.7. The van der Waals surface area contributed by atoms with Crippen molar-refractivity contribution >= 4 is 31.8 Å². The monoisotopic (exact) mass is 306 g/mol. The maximum Gasteiger partial charge on any atom is 0.299 e. The van der Waals surface area contributed by atoms with Gasteiger partial charge in [0.1, 0.15) is 0 Å². The molecule has 0 unspecified atom stereocenters. The molecule has 0 radical (unpaired) electrons. The highest BCUT2D eigenvalue weighted by atomic mass is 79.9. The van der Waals surface area contributed by atoms with Crippen molar-refractivity contribution in [1.82, 2.24) is 4.72 Å². The number of nitrogens with one attached hydrogen (secondary N) is 2. The minimum Gasteiger partial charge on any atom is -0.271 e. The maximum atomic E-state index is 11.6. The molecule has 90 valence electrons. The average Bonchev–Trinajstić information content (AvgIpc) is 2.20. The molecule has 0 saturated carbocycles. The molecule has 0 fully saturated rings. The third-order valence-corrected chi connectivity index (χ3v) is 3.55. The van der Waals surface area contributed by atoms with Gasteiger partial charge in [0.2, 0.25) is 0 Å². The summed E-state index contributed by atoms with van der Waals surface area (Å²) in [5.74, 6) is 0. The molecule has 0 aromatic heterocycles. The molecular weight excluding hydrogens is 292 g/mol. The number of hydrogen-bond donors (Lipinski definition) is 2. The number of hydrogen-bond acceptors (Lipinski definition) is 2. The Bertz CT molecular complexity index is 460. The molecule has 1 aromatic carbocycles. The lowest BCUT2D eigenvalue weighted by Crippen LogP contribution is -2.30. The molecule has 1 aromatic rings. The normalized spacial score (nSPS) is 11.4. The lowest BCUT2D eigenvalue weighted by atomic mass is 10.2. The van der Waals surface area contributed by atoms with E-state index in [4.69, 9.17) is 0 Å². The van der Waals surface area contributed by atoms with Crippen LogP contribution in [0.5, 0.6) is 0 Å². The minimum absolute atomic E-state index is 0.433. The smallest absolute Gasteiger partial charge is 0.271 e. The Morgan fingerprint density at radius 3 is 2.69 bits per heavy atom. The molecule has 2 N–H and O–H groups in total. The summed E-state index contributed by atoms with van der Waals surface area (Å²) in [5, 5.41) is 0. The first-order chi connectivity index (χ1) is 7.44. The van der Waals surface area contributed by atoms with Crippen LogP contribution in [0.3, 0.4) is 0 Å². The van der Waals surface area contributed by atoms with Gasteiger partial charge < -0.3 is 0 Å². The van der Waals surface area contributed by atoms with E-state index >= 15 is 0 Å². The summed E-state index contributed by atoms with van der Waals surface area (Å²) < 4.78 is 29.0. The van der Waals surface area contributed by atoms with Crippen LogP contribution >= 0.6 is 15.9 Å². The molecule has 0 heterocycles. The molecule has 0 atom stereocenters. The molecule has 16 heavy (non-hydrogen) atoms. The van der Waals surface area contributed by atoms with Gasteiger partial charge in [-0.05, 0) is 31.0 Å². The summed E-state index contributed by atoms with van der Waals surface area (Å²) >= 11 is 3.30. The van der Waals surface area contributed by atoms with E-state index in [2.05, 4.69) is 25.4 Å². The van der Waals surface area contributed by atoms with E-state index in [0.29, 0.717) is 12.2 Å². The van der Waals surface area contributed by atoms with E-state index in [0.717, 1.165) is 16.5 Å². The van der Waals surface area contributed by atoms with Crippen molar-refractivity contribution in [2.45, 2.75) is 20.3 Å². The Morgan fingerprint density at radius 2 is 2.06 bits per heavy atom.